The Kier molecular flexibility index (Phi) is 6.48. The average molecular weight is 451 g/mol. The van der Waals surface area contributed by atoms with Crippen LogP contribution in [0.3, 0.4) is 0 Å². The molecule has 2 rings (SSSR count). The summed E-state index contributed by atoms with van der Waals surface area (Å²) >= 11 is 0. The van der Waals surface area contributed by atoms with Crippen molar-refractivity contribution < 1.29 is 34.8 Å². The van der Waals surface area contributed by atoms with Gasteiger partial charge in [-0.3, -0.25) is 4.98 Å². The molecule has 1 atom stereocenters. The van der Waals surface area contributed by atoms with Crippen LogP contribution in [0.4, 0.5) is 26.3 Å². The van der Waals surface area contributed by atoms with Crippen LogP contribution in [-0.2, 0) is 16.2 Å². The van der Waals surface area contributed by atoms with Gasteiger partial charge in [-0.1, -0.05) is 19.1 Å². The third kappa shape index (κ3) is 4.73. The predicted molar refractivity (Wildman–Crippen MR) is 93.5 cm³/mol. The molecule has 12 heteroatoms. The van der Waals surface area contributed by atoms with Gasteiger partial charge in [0.05, 0.1) is 11.1 Å². The van der Waals surface area contributed by atoms with Crippen LogP contribution in [0.5, 0.6) is 0 Å². The summed E-state index contributed by atoms with van der Waals surface area (Å²) in [6.07, 6.45) is -8.06. The lowest BCUT2D eigenvalue weighted by atomic mass is 9.99. The lowest BCUT2D eigenvalue weighted by Crippen LogP contribution is -2.42. The fraction of sp³-hybridized carbons (Fsp3) is 0.333. The standard InChI is InChI=1S/C18H15F6N3O2S/c1-3-27(30(28,29)14-7-12(8-25)9-26-10-14)16(18(22,23)24)13-4-5-15(11(2)6-13)17(19,20)21/h4-7,9-10,16H,3H2,1-2H3/t16-/m1/s1. The smallest absolute Gasteiger partial charge is 0.262 e. The molecule has 0 aliphatic rings. The van der Waals surface area contributed by atoms with Crippen LogP contribution >= 0.6 is 0 Å². The molecule has 0 saturated carbocycles. The van der Waals surface area contributed by atoms with Gasteiger partial charge in [0.15, 0.2) is 0 Å². The molecule has 1 aromatic carbocycles. The second-order valence-corrected chi connectivity index (χ2v) is 8.14. The molecule has 0 spiro atoms. The Morgan fingerprint density at radius 3 is 2.23 bits per heavy atom. The number of alkyl halides is 6. The molecule has 0 saturated heterocycles. The summed E-state index contributed by atoms with van der Waals surface area (Å²) in [4.78, 5) is 2.91. The van der Waals surface area contributed by atoms with E-state index < -0.39 is 56.5 Å². The number of hydrogen-bond donors (Lipinski definition) is 0. The molecular formula is C18H15F6N3O2S. The van der Waals surface area contributed by atoms with Gasteiger partial charge >= 0.3 is 12.4 Å². The van der Waals surface area contributed by atoms with E-state index in [9.17, 15) is 34.8 Å². The van der Waals surface area contributed by atoms with Gasteiger partial charge in [-0.15, -0.1) is 0 Å². The third-order valence-electron chi connectivity index (χ3n) is 4.23. The van der Waals surface area contributed by atoms with Gasteiger partial charge < -0.3 is 0 Å². The van der Waals surface area contributed by atoms with Crippen molar-refractivity contribution in [1.29, 1.82) is 5.26 Å². The SMILES string of the molecule is CCN([C@H](c1ccc(C(F)(F)F)c(C)c1)C(F)(F)F)S(=O)(=O)c1cncc(C#N)c1. The second kappa shape index (κ2) is 8.23. The molecule has 5 nitrogen and oxygen atoms in total. The van der Waals surface area contributed by atoms with Crippen LogP contribution in [0, 0.1) is 18.3 Å². The summed E-state index contributed by atoms with van der Waals surface area (Å²) < 4.78 is 107. The van der Waals surface area contributed by atoms with Gasteiger partial charge in [-0.05, 0) is 30.2 Å². The highest BCUT2D eigenvalue weighted by molar-refractivity contribution is 7.89. The molecule has 1 heterocycles. The molecule has 1 aromatic heterocycles. The molecule has 0 radical (unpaired) electrons. The zero-order valence-electron chi connectivity index (χ0n) is 15.6. The molecule has 0 N–H and O–H groups in total. The Hall–Kier alpha value is -2.65. The predicted octanol–water partition coefficient (Wildman–Crippen LogP) is 4.59. The van der Waals surface area contributed by atoms with Gasteiger partial charge in [-0.2, -0.15) is 35.9 Å². The van der Waals surface area contributed by atoms with E-state index in [-0.39, 0.29) is 9.87 Å². The third-order valence-corrected chi connectivity index (χ3v) is 6.14. The average Bonchev–Trinajstić information content (AvgIpc) is 2.63. The van der Waals surface area contributed by atoms with Gasteiger partial charge in [0.1, 0.15) is 17.0 Å². The minimum absolute atomic E-state index is 0.118. The molecule has 0 aliphatic heterocycles. The van der Waals surface area contributed by atoms with E-state index in [1.807, 2.05) is 0 Å². The first-order valence-corrected chi connectivity index (χ1v) is 9.79. The first kappa shape index (κ1) is 23.6. The van der Waals surface area contributed by atoms with E-state index in [0.29, 0.717) is 18.2 Å². The summed E-state index contributed by atoms with van der Waals surface area (Å²) in [5, 5.41) is 8.89. The topological polar surface area (TPSA) is 74.1 Å². The summed E-state index contributed by atoms with van der Waals surface area (Å²) in [5.41, 5.74) is -2.44. The Balaban J connectivity index is 2.65. The molecule has 0 aliphatic carbocycles. The summed E-state index contributed by atoms with van der Waals surface area (Å²) in [5.74, 6) is 0. The van der Waals surface area contributed by atoms with Crippen molar-refractivity contribution in [2.75, 3.05) is 6.54 Å². The molecule has 0 bridgehead atoms. The number of nitriles is 1. The van der Waals surface area contributed by atoms with Crippen molar-refractivity contribution in [3.05, 3.63) is 58.9 Å². The highest BCUT2D eigenvalue weighted by Gasteiger charge is 2.49. The van der Waals surface area contributed by atoms with E-state index in [1.54, 1.807) is 6.07 Å². The Morgan fingerprint density at radius 1 is 1.13 bits per heavy atom. The maximum Gasteiger partial charge on any atom is 0.416 e. The number of nitrogens with zero attached hydrogens (tertiary/aromatic N) is 3. The van der Waals surface area contributed by atoms with E-state index in [0.717, 1.165) is 32.3 Å². The summed E-state index contributed by atoms with van der Waals surface area (Å²) in [6.45, 7) is 1.52. The summed E-state index contributed by atoms with van der Waals surface area (Å²) in [7, 11) is -4.79. The fourth-order valence-corrected chi connectivity index (χ4v) is 4.54. The van der Waals surface area contributed by atoms with Crippen molar-refractivity contribution in [3.63, 3.8) is 0 Å². The van der Waals surface area contributed by atoms with Crippen molar-refractivity contribution in [2.45, 2.75) is 37.1 Å². The van der Waals surface area contributed by atoms with E-state index >= 15 is 0 Å². The Bertz CT molecular complexity index is 1070. The number of pyridine rings is 1. The molecular weight excluding hydrogens is 436 g/mol. The number of aromatic nitrogens is 1. The quantitative estimate of drug-likeness (QED) is 0.623. The van der Waals surface area contributed by atoms with E-state index in [4.69, 9.17) is 5.26 Å². The monoisotopic (exact) mass is 451 g/mol. The maximum absolute atomic E-state index is 13.9. The van der Waals surface area contributed by atoms with Crippen LogP contribution in [-0.4, -0.2) is 30.4 Å². The minimum Gasteiger partial charge on any atom is -0.262 e. The van der Waals surface area contributed by atoms with Crippen molar-refractivity contribution in [2.24, 2.45) is 0 Å². The molecule has 0 amide bonds. The lowest BCUT2D eigenvalue weighted by molar-refractivity contribution is -0.173. The van der Waals surface area contributed by atoms with Crippen LogP contribution < -0.4 is 0 Å². The largest absolute Gasteiger partial charge is 0.416 e. The van der Waals surface area contributed by atoms with Gasteiger partial charge in [0.2, 0.25) is 10.0 Å². The molecule has 2 aromatic rings. The molecule has 0 unspecified atom stereocenters. The molecule has 162 valence electrons. The Morgan fingerprint density at radius 2 is 1.77 bits per heavy atom. The van der Waals surface area contributed by atoms with E-state index in [1.165, 1.54) is 0 Å². The zero-order valence-corrected chi connectivity index (χ0v) is 16.4. The minimum atomic E-state index is -5.13. The molecule has 30 heavy (non-hydrogen) atoms. The first-order valence-electron chi connectivity index (χ1n) is 8.35. The fourth-order valence-electron chi connectivity index (χ4n) is 2.94. The Labute approximate surface area is 168 Å². The number of aryl methyl sites for hydroxylation is 1. The van der Waals surface area contributed by atoms with Crippen LogP contribution in [0.15, 0.2) is 41.6 Å². The number of hydrogen-bond acceptors (Lipinski definition) is 4. The second-order valence-electron chi connectivity index (χ2n) is 6.25. The zero-order chi connectivity index (χ0) is 22.9. The van der Waals surface area contributed by atoms with E-state index in [2.05, 4.69) is 4.98 Å². The van der Waals surface area contributed by atoms with Gasteiger partial charge in [0.25, 0.3) is 0 Å². The lowest BCUT2D eigenvalue weighted by Gasteiger charge is -2.32. The summed E-state index contributed by atoms with van der Waals surface area (Å²) in [6, 6.07) is 1.54. The number of sulfonamides is 1. The first-order chi connectivity index (χ1) is 13.7. The highest BCUT2D eigenvalue weighted by Crippen LogP contribution is 2.42. The van der Waals surface area contributed by atoms with Gasteiger partial charge in [-0.25, -0.2) is 8.42 Å². The number of benzene rings is 1. The van der Waals surface area contributed by atoms with Gasteiger partial charge in [0, 0.05) is 18.9 Å². The number of rotatable bonds is 5. The van der Waals surface area contributed by atoms with Crippen LogP contribution in [0.2, 0.25) is 0 Å². The molecule has 0 fully saturated rings. The number of halogens is 6. The van der Waals surface area contributed by atoms with Crippen molar-refractivity contribution in [3.8, 4) is 6.07 Å². The van der Waals surface area contributed by atoms with Crippen molar-refractivity contribution >= 4 is 10.0 Å². The normalized spacial score (nSPS) is 13.9. The highest BCUT2D eigenvalue weighted by atomic mass is 32.2. The van der Waals surface area contributed by atoms with Crippen molar-refractivity contribution in [1.82, 2.24) is 9.29 Å². The van der Waals surface area contributed by atoms with Crippen LogP contribution in [0.1, 0.15) is 35.2 Å². The maximum atomic E-state index is 13.9. The van der Waals surface area contributed by atoms with Crippen LogP contribution in [0.25, 0.3) is 0 Å².